The van der Waals surface area contributed by atoms with Crippen LogP contribution in [0, 0.1) is 0 Å². The molecule has 0 aliphatic carbocycles. The summed E-state index contributed by atoms with van der Waals surface area (Å²) in [4.78, 5) is 25.6. The largest absolute Gasteiger partial charge is 0.493 e. The first-order chi connectivity index (χ1) is 15.4. The van der Waals surface area contributed by atoms with Gasteiger partial charge in [-0.05, 0) is 35.2 Å². The molecule has 168 valence electrons. The van der Waals surface area contributed by atoms with E-state index < -0.39 is 11.9 Å². The number of hydrogen-bond acceptors (Lipinski definition) is 8. The highest BCUT2D eigenvalue weighted by atomic mass is 16.5. The molecule has 3 rings (SSSR count). The van der Waals surface area contributed by atoms with Crippen LogP contribution >= 0.6 is 0 Å². The molecule has 0 aliphatic rings. The second-order valence-electron chi connectivity index (χ2n) is 6.63. The minimum atomic E-state index is -0.707. The Morgan fingerprint density at radius 2 is 1.28 bits per heavy atom. The summed E-state index contributed by atoms with van der Waals surface area (Å²) in [5.74, 6) is 0.429. The van der Waals surface area contributed by atoms with Crippen molar-refractivity contribution in [3.63, 3.8) is 0 Å². The van der Waals surface area contributed by atoms with Gasteiger partial charge in [-0.1, -0.05) is 12.1 Å². The van der Waals surface area contributed by atoms with E-state index in [2.05, 4.69) is 0 Å². The number of esters is 2. The quantitative estimate of drug-likeness (QED) is 0.507. The van der Waals surface area contributed by atoms with Crippen LogP contribution in [0.2, 0.25) is 0 Å². The van der Waals surface area contributed by atoms with Gasteiger partial charge in [0.2, 0.25) is 0 Å². The van der Waals surface area contributed by atoms with E-state index in [9.17, 15) is 9.59 Å². The van der Waals surface area contributed by atoms with E-state index in [1.807, 2.05) is 0 Å². The molecule has 0 fully saturated rings. The van der Waals surface area contributed by atoms with Gasteiger partial charge in [0.25, 0.3) is 0 Å². The molecule has 3 aromatic carbocycles. The summed E-state index contributed by atoms with van der Waals surface area (Å²) in [6.07, 6.45) is 0. The van der Waals surface area contributed by atoms with Crippen molar-refractivity contribution in [3.05, 3.63) is 47.5 Å². The van der Waals surface area contributed by atoms with Gasteiger partial charge in [0.15, 0.2) is 23.0 Å². The molecule has 3 aromatic rings. The van der Waals surface area contributed by atoms with Crippen LogP contribution in [0.15, 0.2) is 36.4 Å². The summed E-state index contributed by atoms with van der Waals surface area (Å²) in [5, 5.41) is 1.20. The highest BCUT2D eigenvalue weighted by Crippen LogP contribution is 2.45. The van der Waals surface area contributed by atoms with Crippen LogP contribution in [-0.2, 0) is 9.47 Å². The highest BCUT2D eigenvalue weighted by Gasteiger charge is 2.29. The number of methoxy groups -OCH3 is 6. The number of rotatable bonds is 7. The average molecular weight is 440 g/mol. The maximum Gasteiger partial charge on any atom is 0.339 e. The Balaban J connectivity index is 2.59. The third kappa shape index (κ3) is 3.75. The molecule has 0 saturated heterocycles. The van der Waals surface area contributed by atoms with Gasteiger partial charge in [0.1, 0.15) is 0 Å². The number of carbonyl (C=O) groups is 2. The molecule has 8 heteroatoms. The fraction of sp³-hybridized carbons (Fsp3) is 0.250. The number of fused-ring (bicyclic) bond motifs is 1. The Kier molecular flexibility index (Phi) is 6.73. The van der Waals surface area contributed by atoms with Gasteiger partial charge in [-0.15, -0.1) is 0 Å². The monoisotopic (exact) mass is 440 g/mol. The van der Waals surface area contributed by atoms with Crippen LogP contribution in [-0.4, -0.2) is 54.6 Å². The van der Waals surface area contributed by atoms with Crippen molar-refractivity contribution in [2.45, 2.75) is 0 Å². The second-order valence-corrected chi connectivity index (χ2v) is 6.63. The van der Waals surface area contributed by atoms with Crippen molar-refractivity contribution in [1.29, 1.82) is 0 Å². The molecule has 0 N–H and O–H groups in total. The first-order valence-corrected chi connectivity index (χ1v) is 9.56. The van der Waals surface area contributed by atoms with Crippen molar-refractivity contribution >= 4 is 22.7 Å². The molecule has 0 heterocycles. The van der Waals surface area contributed by atoms with Crippen molar-refractivity contribution in [1.82, 2.24) is 0 Å². The molecule has 0 spiro atoms. The Morgan fingerprint density at radius 1 is 0.656 bits per heavy atom. The molecule has 0 aliphatic heterocycles. The van der Waals surface area contributed by atoms with Gasteiger partial charge >= 0.3 is 11.9 Å². The maximum atomic E-state index is 13.0. The Morgan fingerprint density at radius 3 is 1.84 bits per heavy atom. The van der Waals surface area contributed by atoms with Crippen LogP contribution in [0.3, 0.4) is 0 Å². The summed E-state index contributed by atoms with van der Waals surface area (Å²) in [5.41, 5.74) is 1.08. The van der Waals surface area contributed by atoms with Crippen LogP contribution < -0.4 is 18.9 Å². The van der Waals surface area contributed by atoms with E-state index in [1.165, 1.54) is 42.7 Å². The third-order valence-corrected chi connectivity index (χ3v) is 5.11. The Labute approximate surface area is 185 Å². The molecular weight excluding hydrogens is 416 g/mol. The van der Waals surface area contributed by atoms with E-state index in [0.717, 1.165) is 0 Å². The number of hydrogen-bond donors (Lipinski definition) is 0. The van der Waals surface area contributed by atoms with E-state index in [0.29, 0.717) is 44.9 Å². The Bertz CT molecular complexity index is 1180. The van der Waals surface area contributed by atoms with Gasteiger partial charge in [-0.25, -0.2) is 9.59 Å². The lowest BCUT2D eigenvalue weighted by atomic mass is 9.88. The van der Waals surface area contributed by atoms with Crippen molar-refractivity contribution < 1.29 is 38.0 Å². The first kappa shape index (κ1) is 22.7. The van der Waals surface area contributed by atoms with Crippen LogP contribution in [0.4, 0.5) is 0 Å². The molecule has 0 amide bonds. The average Bonchev–Trinajstić information content (AvgIpc) is 2.85. The molecule has 0 aromatic heterocycles. The lowest BCUT2D eigenvalue weighted by molar-refractivity contribution is 0.0556. The first-order valence-electron chi connectivity index (χ1n) is 9.56. The predicted molar refractivity (Wildman–Crippen MR) is 118 cm³/mol. The number of carbonyl (C=O) groups excluding carboxylic acids is 2. The summed E-state index contributed by atoms with van der Waals surface area (Å²) in [6, 6.07) is 10.2. The van der Waals surface area contributed by atoms with Crippen LogP contribution in [0.1, 0.15) is 20.7 Å². The molecule has 0 saturated carbocycles. The fourth-order valence-corrected chi connectivity index (χ4v) is 3.67. The van der Waals surface area contributed by atoms with E-state index in [-0.39, 0.29) is 11.1 Å². The van der Waals surface area contributed by atoms with Gasteiger partial charge < -0.3 is 28.4 Å². The number of ether oxygens (including phenoxy) is 6. The fourth-order valence-electron chi connectivity index (χ4n) is 3.67. The normalized spacial score (nSPS) is 10.4. The zero-order valence-electron chi connectivity index (χ0n) is 18.7. The van der Waals surface area contributed by atoms with Crippen LogP contribution in [0.5, 0.6) is 23.0 Å². The topological polar surface area (TPSA) is 89.5 Å². The Hall–Kier alpha value is -3.94. The van der Waals surface area contributed by atoms with E-state index in [4.69, 9.17) is 28.4 Å². The van der Waals surface area contributed by atoms with Gasteiger partial charge in [0, 0.05) is 10.9 Å². The predicted octanol–water partition coefficient (Wildman–Crippen LogP) is 4.11. The van der Waals surface area contributed by atoms with E-state index >= 15 is 0 Å². The maximum absolute atomic E-state index is 13.0. The third-order valence-electron chi connectivity index (χ3n) is 5.11. The van der Waals surface area contributed by atoms with E-state index in [1.54, 1.807) is 36.4 Å². The smallest absolute Gasteiger partial charge is 0.339 e. The lowest BCUT2D eigenvalue weighted by Gasteiger charge is -2.20. The lowest BCUT2D eigenvalue weighted by Crippen LogP contribution is -2.14. The van der Waals surface area contributed by atoms with Crippen molar-refractivity contribution in [2.75, 3.05) is 42.7 Å². The van der Waals surface area contributed by atoms with Crippen molar-refractivity contribution in [2.24, 2.45) is 0 Å². The molecule has 8 nitrogen and oxygen atoms in total. The molecular formula is C24H24O8. The van der Waals surface area contributed by atoms with Gasteiger partial charge in [-0.3, -0.25) is 0 Å². The summed E-state index contributed by atoms with van der Waals surface area (Å²) < 4.78 is 31.9. The summed E-state index contributed by atoms with van der Waals surface area (Å²) >= 11 is 0. The minimum absolute atomic E-state index is 0.0330. The molecule has 0 unspecified atom stereocenters. The minimum Gasteiger partial charge on any atom is -0.493 e. The molecule has 0 radical (unpaired) electrons. The second kappa shape index (κ2) is 9.47. The summed E-state index contributed by atoms with van der Waals surface area (Å²) in [7, 11) is 8.55. The van der Waals surface area contributed by atoms with Gasteiger partial charge in [0.05, 0.1) is 53.8 Å². The SMILES string of the molecule is COC(=O)c1cc2ccc(OC)c(OC)c2c(-c2ccc(OC)c(OC)c2)c1C(=O)OC. The summed E-state index contributed by atoms with van der Waals surface area (Å²) in [6.45, 7) is 0. The van der Waals surface area contributed by atoms with Gasteiger partial charge in [-0.2, -0.15) is 0 Å². The standard InChI is InChI=1S/C24H24O8/c1-27-16-9-7-14(12-18(16)29-3)19-20-13(8-10-17(28-2)22(20)30-4)11-15(23(25)31-5)21(19)24(26)32-6/h7-12H,1-6H3. The molecule has 0 atom stereocenters. The molecule has 0 bridgehead atoms. The molecule has 32 heavy (non-hydrogen) atoms. The van der Waals surface area contributed by atoms with Crippen LogP contribution in [0.25, 0.3) is 21.9 Å². The zero-order chi connectivity index (χ0) is 23.4. The highest BCUT2D eigenvalue weighted by molar-refractivity contribution is 6.17. The zero-order valence-corrected chi connectivity index (χ0v) is 18.7. The number of benzene rings is 3. The van der Waals surface area contributed by atoms with Crippen molar-refractivity contribution in [3.8, 4) is 34.1 Å².